The molecule has 1 fully saturated rings. The van der Waals surface area contributed by atoms with Gasteiger partial charge in [0.05, 0.1) is 0 Å². The number of ether oxygens (including phenoxy) is 2. The summed E-state index contributed by atoms with van der Waals surface area (Å²) in [4.78, 5) is 2.63. The van der Waals surface area contributed by atoms with Crippen LogP contribution in [0, 0.1) is 0 Å². The van der Waals surface area contributed by atoms with Crippen LogP contribution in [0.25, 0.3) is 0 Å². The minimum absolute atomic E-state index is 0.0260. The predicted octanol–water partition coefficient (Wildman–Crippen LogP) is 2.24. The molecule has 1 atom stereocenters. The number of hydrogen-bond donors (Lipinski definition) is 1. The highest BCUT2D eigenvalue weighted by atomic mass is 16.7. The van der Waals surface area contributed by atoms with Crippen molar-refractivity contribution >= 4 is 0 Å². The first-order valence-electron chi connectivity index (χ1n) is 7.93. The Morgan fingerprint density at radius 1 is 1.21 bits per heavy atom. The Balaban J connectivity index is 2.33. The molecule has 0 aromatic rings. The van der Waals surface area contributed by atoms with Gasteiger partial charge in [-0.25, -0.2) is 0 Å². The van der Waals surface area contributed by atoms with Gasteiger partial charge >= 0.3 is 0 Å². The number of rotatable bonds is 10. The SMILES string of the molecule is CCOC(CCN1CCCCC1CCNC)OCC. The molecular formula is C15H32N2O2. The molecule has 1 heterocycles. The highest BCUT2D eigenvalue weighted by Gasteiger charge is 2.22. The fourth-order valence-corrected chi connectivity index (χ4v) is 2.85. The van der Waals surface area contributed by atoms with Crippen molar-refractivity contribution in [3.63, 3.8) is 0 Å². The van der Waals surface area contributed by atoms with E-state index in [2.05, 4.69) is 10.2 Å². The van der Waals surface area contributed by atoms with Gasteiger partial charge in [0.25, 0.3) is 0 Å². The van der Waals surface area contributed by atoms with Crippen molar-refractivity contribution < 1.29 is 9.47 Å². The van der Waals surface area contributed by atoms with Crippen LogP contribution in [-0.2, 0) is 9.47 Å². The van der Waals surface area contributed by atoms with Gasteiger partial charge in [-0.05, 0) is 53.2 Å². The number of nitrogens with zero attached hydrogens (tertiary/aromatic N) is 1. The van der Waals surface area contributed by atoms with E-state index in [1.807, 2.05) is 20.9 Å². The average molecular weight is 272 g/mol. The van der Waals surface area contributed by atoms with Gasteiger partial charge in [0.1, 0.15) is 0 Å². The number of likely N-dealkylation sites (tertiary alicyclic amines) is 1. The standard InChI is InChI=1S/C15H32N2O2/c1-4-18-15(19-5-2)10-13-17-12-7-6-8-14(17)9-11-16-3/h14-16H,4-13H2,1-3H3. The third-order valence-electron chi connectivity index (χ3n) is 3.83. The molecule has 1 N–H and O–H groups in total. The lowest BCUT2D eigenvalue weighted by atomic mass is 9.99. The van der Waals surface area contributed by atoms with Crippen molar-refractivity contribution in [1.82, 2.24) is 10.2 Å². The van der Waals surface area contributed by atoms with Crippen LogP contribution in [0.3, 0.4) is 0 Å². The second-order valence-corrected chi connectivity index (χ2v) is 5.21. The zero-order valence-electron chi connectivity index (χ0n) is 13.0. The van der Waals surface area contributed by atoms with E-state index < -0.39 is 0 Å². The number of nitrogens with one attached hydrogen (secondary N) is 1. The van der Waals surface area contributed by atoms with Gasteiger partial charge in [-0.2, -0.15) is 0 Å². The van der Waals surface area contributed by atoms with Crippen molar-refractivity contribution in [2.24, 2.45) is 0 Å². The fraction of sp³-hybridized carbons (Fsp3) is 1.00. The molecule has 0 radical (unpaired) electrons. The van der Waals surface area contributed by atoms with E-state index in [0.29, 0.717) is 0 Å². The molecule has 4 heteroatoms. The van der Waals surface area contributed by atoms with E-state index in [9.17, 15) is 0 Å². The average Bonchev–Trinajstić information content (AvgIpc) is 2.44. The van der Waals surface area contributed by atoms with Gasteiger partial charge in [0.2, 0.25) is 0 Å². The van der Waals surface area contributed by atoms with Gasteiger partial charge in [-0.15, -0.1) is 0 Å². The molecule has 1 rings (SSSR count). The summed E-state index contributed by atoms with van der Waals surface area (Å²) in [7, 11) is 2.04. The van der Waals surface area contributed by atoms with Crippen LogP contribution < -0.4 is 5.32 Å². The predicted molar refractivity (Wildman–Crippen MR) is 79.4 cm³/mol. The summed E-state index contributed by atoms with van der Waals surface area (Å²) in [5, 5.41) is 3.26. The van der Waals surface area contributed by atoms with Gasteiger partial charge < -0.3 is 19.7 Å². The Morgan fingerprint density at radius 3 is 2.58 bits per heavy atom. The molecule has 0 spiro atoms. The Kier molecular flexibility index (Phi) is 9.43. The monoisotopic (exact) mass is 272 g/mol. The van der Waals surface area contributed by atoms with Crippen molar-refractivity contribution in [1.29, 1.82) is 0 Å². The Labute approximate surface area is 118 Å². The molecule has 0 aromatic heterocycles. The molecular weight excluding hydrogens is 240 g/mol. The summed E-state index contributed by atoms with van der Waals surface area (Å²) in [6.07, 6.45) is 6.27. The normalized spacial score (nSPS) is 21.2. The minimum Gasteiger partial charge on any atom is -0.353 e. The summed E-state index contributed by atoms with van der Waals surface area (Å²) in [6.45, 7) is 8.97. The van der Waals surface area contributed by atoms with Crippen molar-refractivity contribution in [2.45, 2.75) is 58.3 Å². The van der Waals surface area contributed by atoms with Crippen molar-refractivity contribution in [2.75, 3.05) is 39.9 Å². The highest BCUT2D eigenvalue weighted by molar-refractivity contribution is 4.77. The Morgan fingerprint density at radius 2 is 1.95 bits per heavy atom. The van der Waals surface area contributed by atoms with Crippen LogP contribution in [0.4, 0.5) is 0 Å². The molecule has 1 aliphatic rings. The topological polar surface area (TPSA) is 33.7 Å². The van der Waals surface area contributed by atoms with Crippen LogP contribution in [0.1, 0.15) is 46.0 Å². The van der Waals surface area contributed by atoms with Gasteiger partial charge in [-0.1, -0.05) is 6.42 Å². The summed E-state index contributed by atoms with van der Waals surface area (Å²) in [5.74, 6) is 0. The smallest absolute Gasteiger partial charge is 0.158 e. The van der Waals surface area contributed by atoms with Crippen LogP contribution in [-0.4, -0.2) is 57.1 Å². The van der Waals surface area contributed by atoms with Gasteiger partial charge in [0, 0.05) is 32.2 Å². The zero-order chi connectivity index (χ0) is 13.9. The Hall–Kier alpha value is -0.160. The molecule has 0 bridgehead atoms. The summed E-state index contributed by atoms with van der Waals surface area (Å²) in [5.41, 5.74) is 0. The Bertz CT molecular complexity index is 208. The van der Waals surface area contributed by atoms with E-state index in [-0.39, 0.29) is 6.29 Å². The van der Waals surface area contributed by atoms with E-state index in [0.717, 1.165) is 38.8 Å². The largest absolute Gasteiger partial charge is 0.353 e. The molecule has 0 saturated carbocycles. The van der Waals surface area contributed by atoms with Crippen LogP contribution in [0.15, 0.2) is 0 Å². The second kappa shape index (κ2) is 10.6. The molecule has 19 heavy (non-hydrogen) atoms. The lowest BCUT2D eigenvalue weighted by Gasteiger charge is -2.36. The molecule has 0 aromatic carbocycles. The van der Waals surface area contributed by atoms with E-state index in [4.69, 9.17) is 9.47 Å². The first kappa shape index (κ1) is 16.9. The van der Waals surface area contributed by atoms with Crippen LogP contribution in [0.2, 0.25) is 0 Å². The number of piperidine rings is 1. The molecule has 0 aliphatic carbocycles. The van der Waals surface area contributed by atoms with E-state index in [1.54, 1.807) is 0 Å². The van der Waals surface area contributed by atoms with Crippen molar-refractivity contribution in [3.8, 4) is 0 Å². The van der Waals surface area contributed by atoms with Gasteiger partial charge in [0.15, 0.2) is 6.29 Å². The summed E-state index contributed by atoms with van der Waals surface area (Å²) in [6, 6.07) is 0.741. The third kappa shape index (κ3) is 6.70. The maximum absolute atomic E-state index is 5.63. The fourth-order valence-electron chi connectivity index (χ4n) is 2.85. The first-order valence-corrected chi connectivity index (χ1v) is 7.93. The molecule has 1 aliphatic heterocycles. The number of hydrogen-bond acceptors (Lipinski definition) is 4. The third-order valence-corrected chi connectivity index (χ3v) is 3.83. The maximum atomic E-state index is 5.63. The maximum Gasteiger partial charge on any atom is 0.158 e. The molecule has 1 saturated heterocycles. The summed E-state index contributed by atoms with van der Waals surface area (Å²) >= 11 is 0. The molecule has 0 amide bonds. The summed E-state index contributed by atoms with van der Waals surface area (Å²) < 4.78 is 11.3. The van der Waals surface area contributed by atoms with Crippen LogP contribution >= 0.6 is 0 Å². The second-order valence-electron chi connectivity index (χ2n) is 5.21. The molecule has 114 valence electrons. The van der Waals surface area contributed by atoms with Crippen molar-refractivity contribution in [3.05, 3.63) is 0 Å². The minimum atomic E-state index is -0.0260. The lowest BCUT2D eigenvalue weighted by Crippen LogP contribution is -2.42. The van der Waals surface area contributed by atoms with Gasteiger partial charge in [-0.3, -0.25) is 0 Å². The molecule has 4 nitrogen and oxygen atoms in total. The first-order chi connectivity index (χ1) is 9.31. The highest BCUT2D eigenvalue weighted by Crippen LogP contribution is 2.20. The zero-order valence-corrected chi connectivity index (χ0v) is 13.0. The molecule has 1 unspecified atom stereocenters. The van der Waals surface area contributed by atoms with E-state index in [1.165, 1.54) is 32.2 Å². The van der Waals surface area contributed by atoms with Crippen LogP contribution in [0.5, 0.6) is 0 Å². The lowest BCUT2D eigenvalue weighted by molar-refractivity contribution is -0.143. The van der Waals surface area contributed by atoms with E-state index >= 15 is 0 Å². The quantitative estimate of drug-likeness (QED) is 0.618.